The fourth-order valence-corrected chi connectivity index (χ4v) is 2.61. The van der Waals surface area contributed by atoms with Gasteiger partial charge < -0.3 is 25.0 Å². The zero-order valence-corrected chi connectivity index (χ0v) is 21.3. The van der Waals surface area contributed by atoms with Crippen molar-refractivity contribution < 1.29 is 18.7 Å². The van der Waals surface area contributed by atoms with E-state index in [4.69, 9.17) is 9.47 Å². The highest BCUT2D eigenvalue weighted by Gasteiger charge is 2.08. The third-order valence-electron chi connectivity index (χ3n) is 4.44. The number of guanidine groups is 1. The molecule has 2 rings (SSSR count). The first-order chi connectivity index (χ1) is 14.9. The standard InChI is InChI=1S/C23H31FN4O3.HI/c1-17(31-21-11-7-19(24)8-12-21)15-26-23(27-16-22(29)28(2)3)25-14-13-18-5-9-20(30-4)10-6-18;/h5-12,17H,13-16H2,1-4H3,(H2,25,26,27);1H. The number of nitrogens with one attached hydrogen (secondary N) is 2. The maximum absolute atomic E-state index is 13.0. The van der Waals surface area contributed by atoms with Gasteiger partial charge in [-0.1, -0.05) is 12.1 Å². The Labute approximate surface area is 206 Å². The van der Waals surface area contributed by atoms with E-state index in [1.807, 2.05) is 31.2 Å². The number of likely N-dealkylation sites (N-methyl/N-ethyl adjacent to an activating group) is 1. The van der Waals surface area contributed by atoms with Gasteiger partial charge in [0.25, 0.3) is 0 Å². The molecule has 0 aliphatic rings. The zero-order chi connectivity index (χ0) is 22.6. The van der Waals surface area contributed by atoms with E-state index in [0.29, 0.717) is 24.8 Å². The molecule has 0 aromatic heterocycles. The van der Waals surface area contributed by atoms with Gasteiger partial charge in [-0.25, -0.2) is 9.38 Å². The summed E-state index contributed by atoms with van der Waals surface area (Å²) in [5.41, 5.74) is 1.16. The van der Waals surface area contributed by atoms with E-state index in [1.54, 1.807) is 33.3 Å². The number of amides is 1. The molecule has 0 spiro atoms. The highest BCUT2D eigenvalue weighted by molar-refractivity contribution is 14.0. The molecule has 2 N–H and O–H groups in total. The second-order valence-corrected chi connectivity index (χ2v) is 7.24. The maximum atomic E-state index is 13.0. The number of rotatable bonds is 10. The van der Waals surface area contributed by atoms with Crippen molar-refractivity contribution in [2.24, 2.45) is 4.99 Å². The lowest BCUT2D eigenvalue weighted by Crippen LogP contribution is -2.43. The largest absolute Gasteiger partial charge is 0.497 e. The highest BCUT2D eigenvalue weighted by Crippen LogP contribution is 2.13. The Morgan fingerprint density at radius 1 is 1.06 bits per heavy atom. The predicted molar refractivity (Wildman–Crippen MR) is 136 cm³/mol. The Balaban J connectivity index is 0.00000512. The molecule has 0 saturated heterocycles. The van der Waals surface area contributed by atoms with Crippen LogP contribution in [0.25, 0.3) is 0 Å². The number of ether oxygens (including phenoxy) is 2. The second kappa shape index (κ2) is 14.5. The van der Waals surface area contributed by atoms with E-state index in [2.05, 4.69) is 15.6 Å². The molecule has 0 heterocycles. The van der Waals surface area contributed by atoms with Crippen LogP contribution in [0.3, 0.4) is 0 Å². The topological polar surface area (TPSA) is 75.2 Å². The van der Waals surface area contributed by atoms with Crippen molar-refractivity contribution in [2.45, 2.75) is 19.4 Å². The van der Waals surface area contributed by atoms with E-state index in [-0.39, 0.29) is 48.3 Å². The fourth-order valence-electron chi connectivity index (χ4n) is 2.61. The van der Waals surface area contributed by atoms with Crippen molar-refractivity contribution in [3.63, 3.8) is 0 Å². The number of nitrogens with zero attached hydrogens (tertiary/aromatic N) is 2. The van der Waals surface area contributed by atoms with Crippen LogP contribution in [0.15, 0.2) is 53.5 Å². The van der Waals surface area contributed by atoms with Gasteiger partial charge in [-0.15, -0.1) is 24.0 Å². The Morgan fingerprint density at radius 3 is 2.28 bits per heavy atom. The normalized spacial score (nSPS) is 11.7. The Bertz CT molecular complexity index is 845. The summed E-state index contributed by atoms with van der Waals surface area (Å²) in [5.74, 6) is 1.53. The first-order valence-corrected chi connectivity index (χ1v) is 10.1. The van der Waals surface area contributed by atoms with Crippen LogP contribution in [-0.4, -0.2) is 63.7 Å². The number of methoxy groups -OCH3 is 1. The van der Waals surface area contributed by atoms with Gasteiger partial charge in [-0.3, -0.25) is 4.79 Å². The zero-order valence-electron chi connectivity index (χ0n) is 18.9. The lowest BCUT2D eigenvalue weighted by molar-refractivity contribution is -0.127. The van der Waals surface area contributed by atoms with Gasteiger partial charge in [-0.05, 0) is 55.3 Å². The maximum Gasteiger partial charge on any atom is 0.243 e. The Hall–Kier alpha value is -2.56. The smallest absolute Gasteiger partial charge is 0.243 e. The molecule has 7 nitrogen and oxygen atoms in total. The number of halogens is 2. The molecule has 1 amide bonds. The van der Waals surface area contributed by atoms with Crippen LogP contribution in [0.1, 0.15) is 12.5 Å². The third kappa shape index (κ3) is 10.2. The van der Waals surface area contributed by atoms with Crippen LogP contribution >= 0.6 is 24.0 Å². The van der Waals surface area contributed by atoms with Gasteiger partial charge in [0, 0.05) is 20.6 Å². The summed E-state index contributed by atoms with van der Waals surface area (Å²) < 4.78 is 24.0. The number of benzene rings is 2. The quantitative estimate of drug-likeness (QED) is 0.267. The molecule has 2 aromatic carbocycles. The minimum atomic E-state index is -0.306. The van der Waals surface area contributed by atoms with Crippen molar-refractivity contribution in [3.8, 4) is 11.5 Å². The summed E-state index contributed by atoms with van der Waals surface area (Å²) in [6.07, 6.45) is 0.595. The lowest BCUT2D eigenvalue weighted by Gasteiger charge is -2.18. The third-order valence-corrected chi connectivity index (χ3v) is 4.44. The van der Waals surface area contributed by atoms with Crippen molar-refractivity contribution in [2.75, 3.05) is 40.8 Å². The van der Waals surface area contributed by atoms with Crippen LogP contribution in [0, 0.1) is 5.82 Å². The van der Waals surface area contributed by atoms with E-state index in [0.717, 1.165) is 17.7 Å². The molecule has 0 radical (unpaired) electrons. The average Bonchev–Trinajstić information content (AvgIpc) is 2.77. The minimum absolute atomic E-state index is 0. The van der Waals surface area contributed by atoms with Gasteiger partial charge in [0.05, 0.1) is 13.7 Å². The molecule has 1 unspecified atom stereocenters. The molecular weight excluding hydrogens is 526 g/mol. The molecule has 0 saturated carbocycles. The number of carbonyl (C=O) groups is 1. The molecule has 0 aliphatic carbocycles. The first-order valence-electron chi connectivity index (χ1n) is 10.1. The first kappa shape index (κ1) is 27.5. The van der Waals surface area contributed by atoms with Crippen LogP contribution in [0.5, 0.6) is 11.5 Å². The summed E-state index contributed by atoms with van der Waals surface area (Å²) in [4.78, 5) is 17.8. The fraction of sp³-hybridized carbons (Fsp3) is 0.391. The number of carbonyl (C=O) groups excluding carboxylic acids is 1. The molecule has 9 heteroatoms. The van der Waals surface area contributed by atoms with E-state index >= 15 is 0 Å². The van der Waals surface area contributed by atoms with E-state index < -0.39 is 0 Å². The Morgan fingerprint density at radius 2 is 1.69 bits per heavy atom. The summed E-state index contributed by atoms with van der Waals surface area (Å²) in [7, 11) is 5.03. The Kier molecular flexibility index (Phi) is 12.4. The van der Waals surface area contributed by atoms with Crippen LogP contribution in [-0.2, 0) is 11.2 Å². The van der Waals surface area contributed by atoms with E-state index in [1.165, 1.54) is 17.0 Å². The molecule has 0 aliphatic heterocycles. The number of hydrogen-bond acceptors (Lipinski definition) is 4. The summed E-state index contributed by atoms with van der Waals surface area (Å²) in [6, 6.07) is 13.8. The van der Waals surface area contributed by atoms with Crippen LogP contribution in [0.2, 0.25) is 0 Å². The summed E-state index contributed by atoms with van der Waals surface area (Å²) >= 11 is 0. The second-order valence-electron chi connectivity index (χ2n) is 7.24. The van der Waals surface area contributed by atoms with E-state index in [9.17, 15) is 9.18 Å². The monoisotopic (exact) mass is 558 g/mol. The lowest BCUT2D eigenvalue weighted by atomic mass is 10.1. The predicted octanol–water partition coefficient (Wildman–Crippen LogP) is 3.09. The van der Waals surface area contributed by atoms with Gasteiger partial charge in [0.15, 0.2) is 5.96 Å². The molecule has 176 valence electrons. The molecular formula is C23H32FIN4O3. The molecule has 2 aromatic rings. The average molecular weight is 558 g/mol. The van der Waals surface area contributed by atoms with Crippen molar-refractivity contribution >= 4 is 35.8 Å². The van der Waals surface area contributed by atoms with Gasteiger partial charge in [-0.2, -0.15) is 0 Å². The molecule has 0 bridgehead atoms. The number of hydrogen-bond donors (Lipinski definition) is 2. The van der Waals surface area contributed by atoms with Crippen LogP contribution in [0.4, 0.5) is 4.39 Å². The van der Waals surface area contributed by atoms with Crippen molar-refractivity contribution in [1.82, 2.24) is 15.5 Å². The van der Waals surface area contributed by atoms with Gasteiger partial charge in [0.1, 0.15) is 30.0 Å². The summed E-state index contributed by atoms with van der Waals surface area (Å²) in [6.45, 7) is 3.04. The molecule has 0 fully saturated rings. The van der Waals surface area contributed by atoms with Gasteiger partial charge >= 0.3 is 0 Å². The van der Waals surface area contributed by atoms with Crippen molar-refractivity contribution in [3.05, 3.63) is 59.9 Å². The SMILES string of the molecule is COc1ccc(CCNC(=NCC(=O)N(C)C)NCC(C)Oc2ccc(F)cc2)cc1.I. The molecule has 32 heavy (non-hydrogen) atoms. The minimum Gasteiger partial charge on any atom is -0.497 e. The number of aliphatic imine (C=N–C) groups is 1. The van der Waals surface area contributed by atoms with Gasteiger partial charge in [0.2, 0.25) is 5.91 Å². The van der Waals surface area contributed by atoms with Crippen molar-refractivity contribution in [1.29, 1.82) is 0 Å². The van der Waals surface area contributed by atoms with Crippen LogP contribution < -0.4 is 20.1 Å². The highest BCUT2D eigenvalue weighted by atomic mass is 127. The summed E-state index contributed by atoms with van der Waals surface area (Å²) in [5, 5.41) is 6.45. The molecule has 1 atom stereocenters.